The lowest BCUT2D eigenvalue weighted by Crippen LogP contribution is -2.35. The molecule has 0 spiro atoms. The molecule has 0 radical (unpaired) electrons. The van der Waals surface area contributed by atoms with Crippen LogP contribution in [0.1, 0.15) is 46.4 Å². The zero-order chi connectivity index (χ0) is 21.3. The van der Waals surface area contributed by atoms with E-state index in [1.54, 1.807) is 48.5 Å². The van der Waals surface area contributed by atoms with E-state index in [4.69, 9.17) is 9.47 Å². The van der Waals surface area contributed by atoms with Crippen molar-refractivity contribution in [3.8, 4) is 5.75 Å². The summed E-state index contributed by atoms with van der Waals surface area (Å²) in [4.78, 5) is 39.1. The second-order valence-electron chi connectivity index (χ2n) is 7.07. The van der Waals surface area contributed by atoms with E-state index in [0.29, 0.717) is 11.4 Å². The molecule has 0 aromatic heterocycles. The predicted octanol–water partition coefficient (Wildman–Crippen LogP) is 3.51. The van der Waals surface area contributed by atoms with Crippen LogP contribution in [0.5, 0.6) is 5.75 Å². The second kappa shape index (κ2) is 10.4. The first-order valence-electron chi connectivity index (χ1n) is 10.1. The van der Waals surface area contributed by atoms with E-state index in [-0.39, 0.29) is 23.6 Å². The average Bonchev–Trinajstić information content (AvgIpc) is 3.07. The number of methoxy groups -OCH3 is 1. The monoisotopic (exact) mass is 410 g/mol. The fraction of sp³-hybridized carbons (Fsp3) is 0.348. The largest absolute Gasteiger partial charge is 0.483 e. The molecule has 1 aliphatic heterocycles. The number of likely N-dealkylation sites (tertiary alicyclic amines) is 1. The molecule has 30 heavy (non-hydrogen) atoms. The van der Waals surface area contributed by atoms with Crippen LogP contribution in [-0.4, -0.2) is 49.5 Å². The molecule has 1 N–H and O–H groups in total. The molecule has 2 aromatic rings. The Morgan fingerprint density at radius 2 is 1.53 bits per heavy atom. The zero-order valence-corrected chi connectivity index (χ0v) is 17.1. The fourth-order valence-corrected chi connectivity index (χ4v) is 3.40. The summed E-state index contributed by atoms with van der Waals surface area (Å²) >= 11 is 0. The lowest BCUT2D eigenvalue weighted by molar-refractivity contribution is -0.133. The van der Waals surface area contributed by atoms with Crippen molar-refractivity contribution in [1.29, 1.82) is 0 Å². The third kappa shape index (κ3) is 5.37. The van der Waals surface area contributed by atoms with Gasteiger partial charge in [0.05, 0.1) is 23.9 Å². The topological polar surface area (TPSA) is 84.9 Å². The Labute approximate surface area is 176 Å². The number of nitrogens with one attached hydrogen (secondary N) is 1. The van der Waals surface area contributed by atoms with Gasteiger partial charge in [-0.3, -0.25) is 9.59 Å². The van der Waals surface area contributed by atoms with Gasteiger partial charge < -0.3 is 19.7 Å². The summed E-state index contributed by atoms with van der Waals surface area (Å²) in [5, 5.41) is 2.73. The van der Waals surface area contributed by atoms with Gasteiger partial charge in [-0.1, -0.05) is 37.1 Å². The molecule has 1 heterocycles. The van der Waals surface area contributed by atoms with Gasteiger partial charge in [-0.25, -0.2) is 4.79 Å². The van der Waals surface area contributed by atoms with Crippen LogP contribution in [0, 0.1) is 0 Å². The number of ether oxygens (including phenoxy) is 2. The van der Waals surface area contributed by atoms with E-state index in [0.717, 1.165) is 38.8 Å². The van der Waals surface area contributed by atoms with Crippen molar-refractivity contribution < 1.29 is 23.9 Å². The maximum Gasteiger partial charge on any atom is 0.339 e. The summed E-state index contributed by atoms with van der Waals surface area (Å²) in [5.41, 5.74) is 0.869. The molecule has 158 valence electrons. The highest BCUT2D eigenvalue weighted by Gasteiger charge is 2.19. The molecule has 1 saturated heterocycles. The van der Waals surface area contributed by atoms with Crippen molar-refractivity contribution in [1.82, 2.24) is 4.90 Å². The van der Waals surface area contributed by atoms with Crippen molar-refractivity contribution in [3.63, 3.8) is 0 Å². The van der Waals surface area contributed by atoms with Gasteiger partial charge in [0.15, 0.2) is 6.61 Å². The molecular formula is C23H26N2O5. The number of amides is 2. The number of rotatable bonds is 6. The van der Waals surface area contributed by atoms with Gasteiger partial charge in [-0.05, 0) is 37.1 Å². The van der Waals surface area contributed by atoms with Crippen LogP contribution in [0.15, 0.2) is 48.5 Å². The smallest absolute Gasteiger partial charge is 0.339 e. The van der Waals surface area contributed by atoms with Crippen LogP contribution >= 0.6 is 0 Å². The maximum absolute atomic E-state index is 12.9. The molecule has 2 aromatic carbocycles. The lowest BCUT2D eigenvalue weighted by atomic mass is 10.1. The molecule has 2 amide bonds. The molecule has 1 fully saturated rings. The third-order valence-corrected chi connectivity index (χ3v) is 5.02. The Kier molecular flexibility index (Phi) is 7.43. The van der Waals surface area contributed by atoms with Gasteiger partial charge in [0, 0.05) is 13.1 Å². The second-order valence-corrected chi connectivity index (χ2v) is 7.07. The Hall–Kier alpha value is -3.35. The summed E-state index contributed by atoms with van der Waals surface area (Å²) in [7, 11) is 1.28. The first-order chi connectivity index (χ1) is 14.6. The predicted molar refractivity (Wildman–Crippen MR) is 113 cm³/mol. The highest BCUT2D eigenvalue weighted by atomic mass is 16.5. The first-order valence-corrected chi connectivity index (χ1v) is 10.1. The molecule has 1 aliphatic rings. The summed E-state index contributed by atoms with van der Waals surface area (Å²) in [5.74, 6) is -0.750. The summed E-state index contributed by atoms with van der Waals surface area (Å²) < 4.78 is 10.5. The molecule has 7 heteroatoms. The van der Waals surface area contributed by atoms with E-state index in [1.165, 1.54) is 7.11 Å². The number of anilines is 1. The normalized spacial score (nSPS) is 13.8. The third-order valence-electron chi connectivity index (χ3n) is 5.02. The maximum atomic E-state index is 12.9. The molecule has 0 bridgehead atoms. The van der Waals surface area contributed by atoms with Crippen molar-refractivity contribution in [2.24, 2.45) is 0 Å². The van der Waals surface area contributed by atoms with Crippen LogP contribution < -0.4 is 10.1 Å². The molecular weight excluding hydrogens is 384 g/mol. The van der Waals surface area contributed by atoms with Crippen molar-refractivity contribution in [2.45, 2.75) is 25.7 Å². The van der Waals surface area contributed by atoms with Gasteiger partial charge in [0.1, 0.15) is 5.75 Å². The molecule has 0 saturated carbocycles. The molecule has 7 nitrogen and oxygen atoms in total. The quantitative estimate of drug-likeness (QED) is 0.737. The lowest BCUT2D eigenvalue weighted by Gasteiger charge is -2.20. The highest BCUT2D eigenvalue weighted by Crippen LogP contribution is 2.22. The van der Waals surface area contributed by atoms with E-state index in [2.05, 4.69) is 5.32 Å². The number of esters is 1. The molecule has 3 rings (SSSR count). The Balaban J connectivity index is 1.70. The van der Waals surface area contributed by atoms with Crippen LogP contribution in [-0.2, 0) is 9.53 Å². The van der Waals surface area contributed by atoms with Crippen LogP contribution in [0.2, 0.25) is 0 Å². The first kappa shape index (κ1) is 21.4. The number of nitrogens with zero attached hydrogens (tertiary/aromatic N) is 1. The van der Waals surface area contributed by atoms with Gasteiger partial charge in [0.25, 0.3) is 11.8 Å². The van der Waals surface area contributed by atoms with Crippen LogP contribution in [0.3, 0.4) is 0 Å². The molecule has 0 unspecified atom stereocenters. The minimum atomic E-state index is -0.543. The Morgan fingerprint density at radius 3 is 2.23 bits per heavy atom. The van der Waals surface area contributed by atoms with E-state index in [1.807, 2.05) is 4.90 Å². The summed E-state index contributed by atoms with van der Waals surface area (Å²) in [6.45, 7) is 1.37. The number of benzene rings is 2. The van der Waals surface area contributed by atoms with Crippen molar-refractivity contribution in [3.05, 3.63) is 59.7 Å². The number of hydrogen-bond donors (Lipinski definition) is 1. The minimum Gasteiger partial charge on any atom is -0.483 e. The summed E-state index contributed by atoms with van der Waals surface area (Å²) in [6.07, 6.45) is 4.29. The highest BCUT2D eigenvalue weighted by molar-refractivity contribution is 6.09. The standard InChI is InChI=1S/C23H26N2O5/c1-29-23(28)17-10-4-6-12-19(17)24-22(27)18-11-5-7-13-20(18)30-16-21(26)25-14-8-2-3-9-15-25/h4-7,10-13H,2-3,8-9,14-16H2,1H3,(H,24,27). The number of hydrogen-bond acceptors (Lipinski definition) is 5. The van der Waals surface area contributed by atoms with Crippen molar-refractivity contribution in [2.75, 3.05) is 32.1 Å². The minimum absolute atomic E-state index is 0.0804. The van der Waals surface area contributed by atoms with Gasteiger partial charge in [0.2, 0.25) is 0 Å². The number of para-hydroxylation sites is 2. The van der Waals surface area contributed by atoms with Crippen molar-refractivity contribution >= 4 is 23.5 Å². The summed E-state index contributed by atoms with van der Waals surface area (Å²) in [6, 6.07) is 13.3. The van der Waals surface area contributed by atoms with Gasteiger partial charge >= 0.3 is 5.97 Å². The fourth-order valence-electron chi connectivity index (χ4n) is 3.40. The van der Waals surface area contributed by atoms with E-state index >= 15 is 0 Å². The van der Waals surface area contributed by atoms with Crippen LogP contribution in [0.4, 0.5) is 5.69 Å². The van der Waals surface area contributed by atoms with E-state index in [9.17, 15) is 14.4 Å². The van der Waals surface area contributed by atoms with Gasteiger partial charge in [-0.15, -0.1) is 0 Å². The average molecular weight is 410 g/mol. The number of carbonyl (C=O) groups is 3. The molecule has 0 atom stereocenters. The zero-order valence-electron chi connectivity index (χ0n) is 17.1. The Morgan fingerprint density at radius 1 is 0.900 bits per heavy atom. The molecule has 0 aliphatic carbocycles. The Bertz CT molecular complexity index is 904. The number of carbonyl (C=O) groups excluding carboxylic acids is 3. The van der Waals surface area contributed by atoms with E-state index < -0.39 is 11.9 Å². The van der Waals surface area contributed by atoms with Gasteiger partial charge in [-0.2, -0.15) is 0 Å². The SMILES string of the molecule is COC(=O)c1ccccc1NC(=O)c1ccccc1OCC(=O)N1CCCCCC1. The van der Waals surface area contributed by atoms with Crippen LogP contribution in [0.25, 0.3) is 0 Å².